The van der Waals surface area contributed by atoms with Crippen LogP contribution in [0, 0.1) is 0 Å². The van der Waals surface area contributed by atoms with E-state index in [2.05, 4.69) is 38.3 Å². The summed E-state index contributed by atoms with van der Waals surface area (Å²) in [5, 5.41) is 7.09. The molecule has 0 saturated heterocycles. The fourth-order valence-electron chi connectivity index (χ4n) is 2.21. The van der Waals surface area contributed by atoms with Crippen molar-refractivity contribution < 1.29 is 4.74 Å². The first kappa shape index (κ1) is 14.9. The van der Waals surface area contributed by atoms with Crippen LogP contribution in [0.2, 0.25) is 0 Å². The van der Waals surface area contributed by atoms with Crippen molar-refractivity contribution in [2.24, 2.45) is 0 Å². The van der Waals surface area contributed by atoms with Gasteiger partial charge in [0.2, 0.25) is 0 Å². The summed E-state index contributed by atoms with van der Waals surface area (Å²) in [6.45, 7) is 10.9. The van der Waals surface area contributed by atoms with Gasteiger partial charge in [0.25, 0.3) is 0 Å². The molecule has 0 aromatic rings. The van der Waals surface area contributed by atoms with Gasteiger partial charge in [-0.25, -0.2) is 0 Å². The van der Waals surface area contributed by atoms with Gasteiger partial charge < -0.3 is 15.4 Å². The third-order valence-corrected chi connectivity index (χ3v) is 3.71. The number of methoxy groups -OCH3 is 1. The zero-order chi connectivity index (χ0) is 12.9. The van der Waals surface area contributed by atoms with Crippen LogP contribution < -0.4 is 10.6 Å². The molecule has 102 valence electrons. The number of nitrogens with one attached hydrogen (secondary N) is 2. The molecular formula is C14H30N2O. The summed E-state index contributed by atoms with van der Waals surface area (Å²) in [7, 11) is 1.85. The summed E-state index contributed by atoms with van der Waals surface area (Å²) in [6.07, 6.45) is 4.94. The maximum absolute atomic E-state index is 5.61. The Balaban J connectivity index is 2.09. The second kappa shape index (κ2) is 6.17. The third-order valence-electron chi connectivity index (χ3n) is 3.71. The van der Waals surface area contributed by atoms with E-state index in [0.29, 0.717) is 6.04 Å². The molecule has 1 atom stereocenters. The zero-order valence-electron chi connectivity index (χ0n) is 12.2. The Hall–Kier alpha value is -0.120. The molecule has 0 bridgehead atoms. The smallest absolute Gasteiger partial charge is 0.0690 e. The van der Waals surface area contributed by atoms with E-state index in [9.17, 15) is 0 Å². The summed E-state index contributed by atoms with van der Waals surface area (Å²) < 4.78 is 5.61. The van der Waals surface area contributed by atoms with Crippen molar-refractivity contribution in [1.29, 1.82) is 0 Å². The Bertz CT molecular complexity index is 213. The van der Waals surface area contributed by atoms with Crippen LogP contribution in [0.1, 0.15) is 53.4 Å². The minimum atomic E-state index is 0.199. The maximum atomic E-state index is 5.61. The predicted octanol–water partition coefficient (Wildman–Crippen LogP) is 2.31. The first-order chi connectivity index (χ1) is 7.87. The van der Waals surface area contributed by atoms with Gasteiger partial charge in [-0.3, -0.25) is 0 Å². The molecule has 3 nitrogen and oxygen atoms in total. The molecule has 1 saturated carbocycles. The topological polar surface area (TPSA) is 33.3 Å². The van der Waals surface area contributed by atoms with Gasteiger partial charge in [0.15, 0.2) is 0 Å². The lowest BCUT2D eigenvalue weighted by molar-refractivity contribution is -0.0770. The number of hydrogen-bond donors (Lipinski definition) is 2. The second-order valence-corrected chi connectivity index (χ2v) is 6.48. The van der Waals surface area contributed by atoms with Gasteiger partial charge in [0.05, 0.1) is 5.60 Å². The highest BCUT2D eigenvalue weighted by molar-refractivity contribution is 4.90. The van der Waals surface area contributed by atoms with Gasteiger partial charge >= 0.3 is 0 Å². The van der Waals surface area contributed by atoms with Gasteiger partial charge in [0, 0.05) is 25.2 Å². The summed E-state index contributed by atoms with van der Waals surface area (Å²) in [4.78, 5) is 0. The van der Waals surface area contributed by atoms with E-state index in [0.717, 1.165) is 19.5 Å². The quantitative estimate of drug-likeness (QED) is 0.719. The normalized spacial score (nSPS) is 21.0. The van der Waals surface area contributed by atoms with E-state index in [1.165, 1.54) is 19.3 Å². The fraction of sp³-hybridized carbons (Fsp3) is 1.00. The molecule has 0 aliphatic heterocycles. The van der Waals surface area contributed by atoms with Crippen molar-refractivity contribution >= 4 is 0 Å². The van der Waals surface area contributed by atoms with Crippen LogP contribution in [0.3, 0.4) is 0 Å². The largest absolute Gasteiger partial charge is 0.378 e. The van der Waals surface area contributed by atoms with Crippen LogP contribution in [0.25, 0.3) is 0 Å². The average Bonchev–Trinajstić information content (AvgIpc) is 2.18. The van der Waals surface area contributed by atoms with Crippen LogP contribution in [-0.2, 0) is 4.74 Å². The van der Waals surface area contributed by atoms with Crippen LogP contribution in [-0.4, -0.2) is 37.4 Å². The highest BCUT2D eigenvalue weighted by Gasteiger charge is 2.36. The second-order valence-electron chi connectivity index (χ2n) is 6.48. The highest BCUT2D eigenvalue weighted by Crippen LogP contribution is 2.37. The fourth-order valence-corrected chi connectivity index (χ4v) is 2.21. The van der Waals surface area contributed by atoms with E-state index >= 15 is 0 Å². The molecule has 0 heterocycles. The summed E-state index contributed by atoms with van der Waals surface area (Å²) in [6, 6.07) is 0.517. The third kappa shape index (κ3) is 5.36. The highest BCUT2D eigenvalue weighted by atomic mass is 16.5. The Labute approximate surface area is 107 Å². The van der Waals surface area contributed by atoms with Crippen molar-refractivity contribution in [3.05, 3.63) is 0 Å². The first-order valence-electron chi connectivity index (χ1n) is 6.90. The average molecular weight is 242 g/mol. The van der Waals surface area contributed by atoms with E-state index < -0.39 is 0 Å². The van der Waals surface area contributed by atoms with Crippen molar-refractivity contribution in [2.45, 2.75) is 70.6 Å². The molecule has 1 aliphatic carbocycles. The van der Waals surface area contributed by atoms with Gasteiger partial charge in [-0.05, 0) is 59.9 Å². The molecular weight excluding hydrogens is 212 g/mol. The lowest BCUT2D eigenvalue weighted by Crippen LogP contribution is -2.47. The molecule has 2 N–H and O–H groups in total. The lowest BCUT2D eigenvalue weighted by atomic mass is 9.77. The van der Waals surface area contributed by atoms with Crippen molar-refractivity contribution in [3.8, 4) is 0 Å². The monoisotopic (exact) mass is 242 g/mol. The minimum absolute atomic E-state index is 0.199. The van der Waals surface area contributed by atoms with Crippen LogP contribution in [0.4, 0.5) is 0 Å². The molecule has 1 fully saturated rings. The molecule has 3 heteroatoms. The van der Waals surface area contributed by atoms with Gasteiger partial charge in [0.1, 0.15) is 0 Å². The standard InChI is InChI=1S/C14H30N2O/c1-12(11-16-13(2,3)4)15-10-9-14(17-5)7-6-8-14/h12,15-16H,6-11H2,1-5H3. The number of ether oxygens (including phenoxy) is 1. The Morgan fingerprint density at radius 2 is 1.94 bits per heavy atom. The lowest BCUT2D eigenvalue weighted by Gasteiger charge is -2.41. The zero-order valence-corrected chi connectivity index (χ0v) is 12.2. The number of rotatable bonds is 7. The van der Waals surface area contributed by atoms with Gasteiger partial charge in [-0.1, -0.05) is 0 Å². The molecule has 0 aromatic carbocycles. The Kier molecular flexibility index (Phi) is 5.42. The summed E-state index contributed by atoms with van der Waals surface area (Å²) >= 11 is 0. The molecule has 0 spiro atoms. The summed E-state index contributed by atoms with van der Waals surface area (Å²) in [5.74, 6) is 0. The number of hydrogen-bond acceptors (Lipinski definition) is 3. The van der Waals surface area contributed by atoms with E-state index in [1.807, 2.05) is 7.11 Å². The van der Waals surface area contributed by atoms with Crippen LogP contribution in [0.5, 0.6) is 0 Å². The molecule has 1 rings (SSSR count). The molecule has 0 aromatic heterocycles. The Morgan fingerprint density at radius 3 is 2.35 bits per heavy atom. The molecule has 1 unspecified atom stereocenters. The maximum Gasteiger partial charge on any atom is 0.0690 e. The summed E-state index contributed by atoms with van der Waals surface area (Å²) in [5.41, 5.74) is 0.405. The van der Waals surface area contributed by atoms with Crippen LogP contribution in [0.15, 0.2) is 0 Å². The first-order valence-corrected chi connectivity index (χ1v) is 6.90. The predicted molar refractivity (Wildman–Crippen MR) is 73.4 cm³/mol. The molecule has 0 amide bonds. The van der Waals surface area contributed by atoms with E-state index in [-0.39, 0.29) is 11.1 Å². The van der Waals surface area contributed by atoms with Gasteiger partial charge in [-0.15, -0.1) is 0 Å². The van der Waals surface area contributed by atoms with Gasteiger partial charge in [-0.2, -0.15) is 0 Å². The van der Waals surface area contributed by atoms with Crippen molar-refractivity contribution in [3.63, 3.8) is 0 Å². The SMILES string of the molecule is COC1(CCNC(C)CNC(C)(C)C)CCC1. The van der Waals surface area contributed by atoms with E-state index in [4.69, 9.17) is 4.74 Å². The van der Waals surface area contributed by atoms with Crippen LogP contribution >= 0.6 is 0 Å². The minimum Gasteiger partial charge on any atom is -0.378 e. The van der Waals surface area contributed by atoms with Crippen molar-refractivity contribution in [2.75, 3.05) is 20.2 Å². The molecule has 0 radical (unpaired) electrons. The van der Waals surface area contributed by atoms with E-state index in [1.54, 1.807) is 0 Å². The molecule has 1 aliphatic rings. The Morgan fingerprint density at radius 1 is 1.29 bits per heavy atom. The molecule has 17 heavy (non-hydrogen) atoms. The van der Waals surface area contributed by atoms with Crippen molar-refractivity contribution in [1.82, 2.24) is 10.6 Å².